The van der Waals surface area contributed by atoms with Crippen molar-refractivity contribution in [3.8, 4) is 0 Å². The lowest BCUT2D eigenvalue weighted by atomic mass is 10.0. The van der Waals surface area contributed by atoms with Gasteiger partial charge in [-0.05, 0) is 59.7 Å². The van der Waals surface area contributed by atoms with Crippen LogP contribution in [0.5, 0.6) is 0 Å². The molecule has 3 aliphatic rings. The van der Waals surface area contributed by atoms with Crippen molar-refractivity contribution >= 4 is 28.0 Å². The molecule has 0 aromatic carbocycles. The molecule has 8 bridgehead atoms. The van der Waals surface area contributed by atoms with Gasteiger partial charge in [0.2, 0.25) is 11.4 Å². The number of fused-ring (bicyclic) bond motifs is 7. The number of hydrogen-bond acceptors (Lipinski definition) is 1. The quantitative estimate of drug-likeness (QED) is 0.213. The molecule has 6 aromatic heterocycles. The first-order valence-electron chi connectivity index (χ1n) is 17.5. The van der Waals surface area contributed by atoms with E-state index < -0.39 is 0 Å². The number of allylic oxidation sites excluding steroid dienone is 5. The van der Waals surface area contributed by atoms with Gasteiger partial charge in [0.1, 0.15) is 21.1 Å². The summed E-state index contributed by atoms with van der Waals surface area (Å²) in [4.78, 5) is 17.5. The van der Waals surface area contributed by atoms with Gasteiger partial charge in [-0.3, -0.25) is 0 Å². The summed E-state index contributed by atoms with van der Waals surface area (Å²) in [5, 5.41) is 2.05. The van der Waals surface area contributed by atoms with Crippen molar-refractivity contribution in [3.63, 3.8) is 0 Å². The number of aromatic amines is 3. The molecule has 0 saturated carbocycles. The molecular weight excluding hydrogens is 641 g/mol. The lowest BCUT2D eigenvalue weighted by Crippen LogP contribution is -2.68. The van der Waals surface area contributed by atoms with Crippen LogP contribution in [0.1, 0.15) is 39.5 Å². The maximum Gasteiger partial charge on any atom is 0.214 e. The number of rotatable bonds is 3. The number of nitrogens with one attached hydrogen (secondary N) is 4. The SMILES string of the molecule is CN1C=CC(=C2c3ccc([nH]3)/C(c3cc[n+](C)cc3)=C3/C=CC(=[NH+]3)/C(c3cc[n+](C)cc3)=c3/cc/c([nH]3)=C(\c3cc[n+](C)cc3)c3ccc2[nH]3)C=C1. The van der Waals surface area contributed by atoms with Crippen LogP contribution < -0.4 is 29.4 Å². The fourth-order valence-corrected chi connectivity index (χ4v) is 7.24. The molecule has 3 aliphatic heterocycles. The molecule has 8 heteroatoms. The second-order valence-electron chi connectivity index (χ2n) is 13.7. The highest BCUT2D eigenvalue weighted by Gasteiger charge is 2.27. The molecule has 0 spiro atoms. The van der Waals surface area contributed by atoms with Gasteiger partial charge in [0.25, 0.3) is 0 Å². The molecule has 52 heavy (non-hydrogen) atoms. The first-order valence-corrected chi connectivity index (χ1v) is 17.5. The number of nitrogens with zero attached hydrogens (tertiary/aromatic N) is 4. The van der Waals surface area contributed by atoms with Crippen molar-refractivity contribution in [2.24, 2.45) is 21.1 Å². The molecule has 0 radical (unpaired) electrons. The van der Waals surface area contributed by atoms with Crippen LogP contribution in [0, 0.1) is 0 Å². The summed E-state index contributed by atoms with van der Waals surface area (Å²) >= 11 is 0. The van der Waals surface area contributed by atoms with Crippen LogP contribution in [0.15, 0.2) is 158 Å². The van der Waals surface area contributed by atoms with Crippen molar-refractivity contribution in [1.82, 2.24) is 19.9 Å². The van der Waals surface area contributed by atoms with E-state index in [1.54, 1.807) is 0 Å². The predicted octanol–water partition coefficient (Wildman–Crippen LogP) is 2.23. The number of H-pyrrole nitrogens is 3. The Morgan fingerprint density at radius 3 is 1.44 bits per heavy atom. The summed E-state index contributed by atoms with van der Waals surface area (Å²) in [6.07, 6.45) is 25.5. The van der Waals surface area contributed by atoms with Gasteiger partial charge in [-0.2, -0.15) is 0 Å². The summed E-state index contributed by atoms with van der Waals surface area (Å²) in [7, 11) is 8.19. The van der Waals surface area contributed by atoms with Gasteiger partial charge in [-0.25, -0.2) is 18.7 Å². The Bertz CT molecular complexity index is 2670. The molecule has 0 amide bonds. The largest absolute Gasteiger partial charge is 0.357 e. The molecule has 0 aliphatic carbocycles. The molecule has 0 saturated heterocycles. The van der Waals surface area contributed by atoms with E-state index in [0.717, 1.165) is 89.4 Å². The van der Waals surface area contributed by atoms with Crippen LogP contribution in [0.3, 0.4) is 0 Å². The smallest absolute Gasteiger partial charge is 0.214 e. The third-order valence-electron chi connectivity index (χ3n) is 9.97. The van der Waals surface area contributed by atoms with Crippen molar-refractivity contribution < 1.29 is 18.7 Å². The summed E-state index contributed by atoms with van der Waals surface area (Å²) in [6.45, 7) is 0. The molecular formula is C44H40N8+4. The molecule has 8 nitrogen and oxygen atoms in total. The zero-order valence-electron chi connectivity index (χ0n) is 29.6. The Morgan fingerprint density at radius 1 is 0.462 bits per heavy atom. The molecule has 252 valence electrons. The van der Waals surface area contributed by atoms with E-state index in [2.05, 4.69) is 185 Å². The van der Waals surface area contributed by atoms with E-state index in [0.29, 0.717) is 0 Å². The average molecular weight is 681 g/mol. The van der Waals surface area contributed by atoms with Crippen molar-refractivity contribution in [2.75, 3.05) is 7.05 Å². The first kappa shape index (κ1) is 31.2. The van der Waals surface area contributed by atoms with E-state index in [1.807, 2.05) is 28.2 Å². The molecule has 9 heterocycles. The number of aryl methyl sites for hydroxylation is 3. The van der Waals surface area contributed by atoms with E-state index in [-0.39, 0.29) is 0 Å². The zero-order chi connectivity index (χ0) is 35.3. The Balaban J connectivity index is 1.40. The summed E-state index contributed by atoms with van der Waals surface area (Å²) in [6, 6.07) is 26.2. The molecule has 6 aromatic rings. The van der Waals surface area contributed by atoms with Crippen LogP contribution in [-0.2, 0) is 21.1 Å². The van der Waals surface area contributed by atoms with E-state index in [4.69, 9.17) is 0 Å². The number of aromatic nitrogens is 6. The Hall–Kier alpha value is -6.80. The molecule has 0 fully saturated rings. The highest BCUT2D eigenvalue weighted by Crippen LogP contribution is 2.33. The van der Waals surface area contributed by atoms with Crippen LogP contribution in [-0.4, -0.2) is 32.6 Å². The Labute approximate surface area is 302 Å². The van der Waals surface area contributed by atoms with Crippen LogP contribution in [0.2, 0.25) is 0 Å². The van der Waals surface area contributed by atoms with Crippen LogP contribution >= 0.6 is 0 Å². The molecule has 0 unspecified atom stereocenters. The Morgan fingerprint density at radius 2 is 0.904 bits per heavy atom. The second kappa shape index (κ2) is 12.5. The van der Waals surface area contributed by atoms with Crippen molar-refractivity contribution in [3.05, 3.63) is 208 Å². The summed E-state index contributed by atoms with van der Waals surface area (Å²) < 4.78 is 6.19. The molecule has 4 N–H and O–H groups in total. The highest BCUT2D eigenvalue weighted by molar-refractivity contribution is 6.26. The predicted molar refractivity (Wildman–Crippen MR) is 202 cm³/mol. The maximum absolute atomic E-state index is 3.87. The van der Waals surface area contributed by atoms with Crippen molar-refractivity contribution in [2.45, 2.75) is 0 Å². The molecule has 0 atom stereocenters. The van der Waals surface area contributed by atoms with Crippen LogP contribution in [0.4, 0.5) is 0 Å². The van der Waals surface area contributed by atoms with Gasteiger partial charge >= 0.3 is 0 Å². The third-order valence-corrected chi connectivity index (χ3v) is 9.97. The third kappa shape index (κ3) is 5.60. The summed E-state index contributed by atoms with van der Waals surface area (Å²) in [5.74, 6) is 0. The van der Waals surface area contributed by atoms with Gasteiger partial charge in [0.05, 0.1) is 22.2 Å². The highest BCUT2D eigenvalue weighted by atomic mass is 15.0. The van der Waals surface area contributed by atoms with Crippen molar-refractivity contribution in [1.29, 1.82) is 0 Å². The van der Waals surface area contributed by atoms with E-state index in [1.165, 1.54) is 0 Å². The minimum absolute atomic E-state index is 1.02. The zero-order valence-corrected chi connectivity index (χ0v) is 29.6. The normalized spacial score (nSPS) is 18.8. The van der Waals surface area contributed by atoms with Gasteiger partial charge in [0.15, 0.2) is 37.2 Å². The average Bonchev–Trinajstić information content (AvgIpc) is 3.99. The summed E-state index contributed by atoms with van der Waals surface area (Å²) in [5.41, 5.74) is 15.0. The number of hydrogen-bond donors (Lipinski definition) is 4. The minimum Gasteiger partial charge on any atom is -0.357 e. The minimum atomic E-state index is 1.02. The second-order valence-corrected chi connectivity index (χ2v) is 13.7. The fourth-order valence-electron chi connectivity index (χ4n) is 7.24. The van der Waals surface area contributed by atoms with Gasteiger partial charge in [-0.1, -0.05) is 0 Å². The first-order chi connectivity index (χ1) is 25.4. The lowest BCUT2D eigenvalue weighted by Gasteiger charge is -2.16. The Kier molecular flexibility index (Phi) is 7.51. The molecule has 9 rings (SSSR count). The van der Waals surface area contributed by atoms with Gasteiger partial charge in [0, 0.05) is 113 Å². The van der Waals surface area contributed by atoms with Gasteiger partial charge in [-0.15, -0.1) is 0 Å². The monoisotopic (exact) mass is 680 g/mol. The lowest BCUT2D eigenvalue weighted by molar-refractivity contribution is -0.671. The maximum atomic E-state index is 3.87. The van der Waals surface area contributed by atoms with Crippen LogP contribution in [0.25, 0.3) is 22.3 Å². The standard InChI is InChI=1S/C44H38N8/c1-49-21-13-29(14-22-49)41-33-5-7-35(45-33)42(30-15-23-50(2)24-16-30)37-9-11-39(47-37)44(32-19-27-52(4)28-20-32)40-12-10-38(48-40)43(36-8-6-34(41)46-36)31-17-25-51(3)26-18-31/h5-28H,1-4H3,(H2,45,46,47,48)/q+2/p+2/b41-33-,41-34?,42-35-,42-37?,43-36-,43-38?,44-39?,44-40?. The van der Waals surface area contributed by atoms with E-state index >= 15 is 0 Å². The van der Waals surface area contributed by atoms with Gasteiger partial charge < -0.3 is 19.9 Å². The fraction of sp³-hybridized carbons (Fsp3) is 0.0909. The number of pyridine rings is 3. The van der Waals surface area contributed by atoms with E-state index in [9.17, 15) is 0 Å². The topological polar surface area (TPSA) is 76.2 Å².